The molecule has 3 saturated carbocycles. The van der Waals surface area contributed by atoms with Gasteiger partial charge in [-0.3, -0.25) is 0 Å². The maximum Gasteiger partial charge on any atom is 0.408 e. The second-order valence-corrected chi connectivity index (χ2v) is 7.16. The van der Waals surface area contributed by atoms with E-state index < -0.39 is 41.0 Å². The molecule has 3 aliphatic rings. The smallest absolute Gasteiger partial charge is 0.408 e. The van der Waals surface area contributed by atoms with Crippen LogP contribution in [0, 0.1) is 10.8 Å². The summed E-state index contributed by atoms with van der Waals surface area (Å²) in [5.41, 5.74) is -2.28. The van der Waals surface area contributed by atoms with Crippen LogP contribution in [-0.4, -0.2) is 37.2 Å². The number of hydrogen-bond acceptors (Lipinski definition) is 4. The van der Waals surface area contributed by atoms with E-state index in [0.717, 1.165) is 0 Å². The molecule has 1 amide bonds. The monoisotopic (exact) mass is 305 g/mol. The van der Waals surface area contributed by atoms with Crippen molar-refractivity contribution in [1.29, 1.82) is 0 Å². The van der Waals surface area contributed by atoms with Crippen molar-refractivity contribution in [2.45, 2.75) is 58.1 Å². The molecule has 120 valence electrons. The number of halogens is 2. The average molecular weight is 305 g/mol. The van der Waals surface area contributed by atoms with Crippen molar-refractivity contribution < 1.29 is 27.8 Å². The number of rotatable bonds is 4. The SMILES string of the molecule is COC(=O)[C@@H](NC(=O)OC(C)(C)C)C12CC(C(F)F)(C1)C2. The third-order valence-electron chi connectivity index (χ3n) is 4.29. The van der Waals surface area contributed by atoms with Gasteiger partial charge in [0, 0.05) is 10.8 Å². The molecule has 3 aliphatic carbocycles. The molecule has 21 heavy (non-hydrogen) atoms. The van der Waals surface area contributed by atoms with Crippen LogP contribution in [0.15, 0.2) is 0 Å². The predicted molar refractivity (Wildman–Crippen MR) is 69.9 cm³/mol. The maximum absolute atomic E-state index is 12.9. The third kappa shape index (κ3) is 2.70. The molecule has 0 aromatic rings. The van der Waals surface area contributed by atoms with Crippen LogP contribution in [-0.2, 0) is 14.3 Å². The van der Waals surface area contributed by atoms with Crippen molar-refractivity contribution >= 4 is 12.1 Å². The lowest BCUT2D eigenvalue weighted by molar-refractivity contribution is -0.277. The Morgan fingerprint density at radius 2 is 1.67 bits per heavy atom. The highest BCUT2D eigenvalue weighted by molar-refractivity contribution is 5.83. The molecule has 0 radical (unpaired) electrons. The van der Waals surface area contributed by atoms with Gasteiger partial charge in [0.15, 0.2) is 0 Å². The van der Waals surface area contributed by atoms with Crippen LogP contribution < -0.4 is 5.32 Å². The molecular formula is C14H21F2NO4. The van der Waals surface area contributed by atoms with E-state index in [-0.39, 0.29) is 19.3 Å². The van der Waals surface area contributed by atoms with Gasteiger partial charge in [0.2, 0.25) is 6.43 Å². The summed E-state index contributed by atoms with van der Waals surface area (Å²) in [6, 6.07) is -0.932. The van der Waals surface area contributed by atoms with Gasteiger partial charge in [0.1, 0.15) is 11.6 Å². The molecule has 3 fully saturated rings. The Labute approximate surface area is 122 Å². The van der Waals surface area contributed by atoms with E-state index in [1.807, 2.05) is 0 Å². The van der Waals surface area contributed by atoms with Gasteiger partial charge in [-0.1, -0.05) is 0 Å². The van der Waals surface area contributed by atoms with Gasteiger partial charge in [0.05, 0.1) is 7.11 Å². The molecule has 7 heteroatoms. The zero-order valence-corrected chi connectivity index (χ0v) is 12.7. The number of carbonyl (C=O) groups is 2. The summed E-state index contributed by atoms with van der Waals surface area (Å²) in [7, 11) is 1.21. The third-order valence-corrected chi connectivity index (χ3v) is 4.29. The first-order valence-corrected chi connectivity index (χ1v) is 6.89. The first-order chi connectivity index (χ1) is 9.54. The van der Waals surface area contributed by atoms with E-state index in [9.17, 15) is 18.4 Å². The van der Waals surface area contributed by atoms with Gasteiger partial charge in [-0.2, -0.15) is 0 Å². The van der Waals surface area contributed by atoms with Crippen molar-refractivity contribution in [3.8, 4) is 0 Å². The van der Waals surface area contributed by atoms with Gasteiger partial charge in [0.25, 0.3) is 0 Å². The van der Waals surface area contributed by atoms with Gasteiger partial charge in [-0.15, -0.1) is 0 Å². The summed E-state index contributed by atoms with van der Waals surface area (Å²) in [4.78, 5) is 23.7. The zero-order valence-electron chi connectivity index (χ0n) is 12.7. The van der Waals surface area contributed by atoms with Gasteiger partial charge in [-0.05, 0) is 40.0 Å². The Morgan fingerprint density at radius 1 is 1.14 bits per heavy atom. The van der Waals surface area contributed by atoms with Crippen molar-refractivity contribution in [1.82, 2.24) is 5.32 Å². The number of esters is 1. The summed E-state index contributed by atoms with van der Waals surface area (Å²) < 4.78 is 35.5. The lowest BCUT2D eigenvalue weighted by Crippen LogP contribution is -2.73. The van der Waals surface area contributed by atoms with Crippen molar-refractivity contribution in [3.05, 3.63) is 0 Å². The average Bonchev–Trinajstić information content (AvgIpc) is 2.19. The van der Waals surface area contributed by atoms with Crippen molar-refractivity contribution in [2.75, 3.05) is 7.11 Å². The molecule has 5 nitrogen and oxygen atoms in total. The molecule has 0 aromatic heterocycles. The van der Waals surface area contributed by atoms with Crippen molar-refractivity contribution in [3.63, 3.8) is 0 Å². The molecule has 0 heterocycles. The first kappa shape index (κ1) is 16.0. The zero-order chi connectivity index (χ0) is 16.1. The van der Waals surface area contributed by atoms with E-state index in [4.69, 9.17) is 4.74 Å². The predicted octanol–water partition coefficient (Wildman–Crippen LogP) is 2.49. The quantitative estimate of drug-likeness (QED) is 0.810. The topological polar surface area (TPSA) is 64.6 Å². The van der Waals surface area contributed by atoms with E-state index in [1.54, 1.807) is 20.8 Å². The molecule has 2 bridgehead atoms. The highest BCUT2D eigenvalue weighted by Crippen LogP contribution is 2.76. The van der Waals surface area contributed by atoms with E-state index in [1.165, 1.54) is 7.11 Å². The Bertz CT molecular complexity index is 439. The van der Waals surface area contributed by atoms with Crippen LogP contribution in [0.25, 0.3) is 0 Å². The fraction of sp³-hybridized carbons (Fsp3) is 0.857. The number of hydrogen-bond donors (Lipinski definition) is 1. The molecule has 1 atom stereocenters. The summed E-state index contributed by atoms with van der Waals surface area (Å²) in [6.45, 7) is 5.10. The summed E-state index contributed by atoms with van der Waals surface area (Å²) in [5.74, 6) is -0.622. The van der Waals surface area contributed by atoms with Crippen LogP contribution in [0.1, 0.15) is 40.0 Å². The van der Waals surface area contributed by atoms with E-state index >= 15 is 0 Å². The Balaban J connectivity index is 2.02. The molecule has 0 unspecified atom stereocenters. The number of ether oxygens (including phenoxy) is 2. The number of alkyl halides is 2. The molecule has 0 spiro atoms. The minimum absolute atomic E-state index is 0.229. The Hall–Kier alpha value is -1.40. The van der Waals surface area contributed by atoms with Gasteiger partial charge in [-0.25, -0.2) is 18.4 Å². The number of carbonyl (C=O) groups excluding carboxylic acids is 2. The minimum Gasteiger partial charge on any atom is -0.467 e. The molecule has 3 rings (SSSR count). The normalized spacial score (nSPS) is 31.8. The summed E-state index contributed by atoms with van der Waals surface area (Å²) >= 11 is 0. The number of methoxy groups -OCH3 is 1. The number of nitrogens with one attached hydrogen (secondary N) is 1. The van der Waals surface area contributed by atoms with Gasteiger partial charge < -0.3 is 14.8 Å². The highest BCUT2D eigenvalue weighted by atomic mass is 19.3. The largest absolute Gasteiger partial charge is 0.467 e. The van der Waals surface area contributed by atoms with Crippen LogP contribution >= 0.6 is 0 Å². The lowest BCUT2D eigenvalue weighted by atomic mass is 9.33. The summed E-state index contributed by atoms with van der Waals surface area (Å²) in [5, 5.41) is 2.48. The number of alkyl carbamates (subject to hydrolysis) is 1. The number of amides is 1. The second kappa shape index (κ2) is 4.81. The lowest BCUT2D eigenvalue weighted by Gasteiger charge is -2.71. The Kier molecular flexibility index (Phi) is 3.66. The molecule has 1 N–H and O–H groups in total. The van der Waals surface area contributed by atoms with E-state index in [2.05, 4.69) is 10.1 Å². The van der Waals surface area contributed by atoms with Crippen molar-refractivity contribution in [2.24, 2.45) is 10.8 Å². The molecule has 0 aliphatic heterocycles. The second-order valence-electron chi connectivity index (χ2n) is 7.16. The van der Waals surface area contributed by atoms with Crippen LogP contribution in [0.5, 0.6) is 0 Å². The molecule has 0 saturated heterocycles. The molecular weight excluding hydrogens is 284 g/mol. The van der Waals surface area contributed by atoms with E-state index in [0.29, 0.717) is 0 Å². The van der Waals surface area contributed by atoms with Crippen LogP contribution in [0.3, 0.4) is 0 Å². The first-order valence-electron chi connectivity index (χ1n) is 6.89. The van der Waals surface area contributed by atoms with Crippen LogP contribution in [0.4, 0.5) is 13.6 Å². The maximum atomic E-state index is 12.9. The fourth-order valence-corrected chi connectivity index (χ4v) is 3.49. The summed E-state index contributed by atoms with van der Waals surface area (Å²) in [6.07, 6.45) is -2.44. The Morgan fingerprint density at radius 3 is 2.05 bits per heavy atom. The van der Waals surface area contributed by atoms with Crippen LogP contribution in [0.2, 0.25) is 0 Å². The molecule has 0 aromatic carbocycles. The standard InChI is InChI=1S/C14H21F2NO4/c1-12(2,3)21-11(19)17-8(9(18)20-4)13-5-14(6-13,7-13)10(15)16/h8,10H,5-7H2,1-4H3,(H,17,19)/t8-,13?,14?/m1/s1. The van der Waals surface area contributed by atoms with Gasteiger partial charge >= 0.3 is 12.1 Å². The fourth-order valence-electron chi connectivity index (χ4n) is 3.49. The minimum atomic E-state index is -2.39. The highest BCUT2D eigenvalue weighted by Gasteiger charge is 2.75.